The Morgan fingerprint density at radius 1 is 1.43 bits per heavy atom. The average Bonchev–Trinajstić information content (AvgIpc) is 2.35. The number of alkyl halides is 3. The number of nitrogens with two attached hydrogens (primary N) is 1. The lowest BCUT2D eigenvalue weighted by Crippen LogP contribution is -2.61. The summed E-state index contributed by atoms with van der Waals surface area (Å²) in [7, 11) is 0. The molecule has 21 heavy (non-hydrogen) atoms. The van der Waals surface area contributed by atoms with Crippen LogP contribution in [0.4, 0.5) is 18.9 Å². The lowest BCUT2D eigenvalue weighted by Gasteiger charge is -2.26. The van der Waals surface area contributed by atoms with Crippen LogP contribution >= 0.6 is 0 Å². The summed E-state index contributed by atoms with van der Waals surface area (Å²) in [5, 5.41) is 12.8. The lowest BCUT2D eigenvalue weighted by atomic mass is 10.0. The van der Waals surface area contributed by atoms with E-state index in [1.165, 1.54) is 25.1 Å². The molecule has 6 nitrogen and oxygen atoms in total. The van der Waals surface area contributed by atoms with Crippen molar-refractivity contribution in [2.24, 2.45) is 5.73 Å². The molecule has 0 aliphatic heterocycles. The van der Waals surface area contributed by atoms with Crippen LogP contribution in [0.25, 0.3) is 0 Å². The molecule has 0 aromatic heterocycles. The van der Waals surface area contributed by atoms with Crippen LogP contribution in [-0.4, -0.2) is 22.5 Å². The van der Waals surface area contributed by atoms with Crippen LogP contribution in [0.3, 0.4) is 0 Å². The summed E-state index contributed by atoms with van der Waals surface area (Å²) < 4.78 is 37.8. The number of carbonyl (C=O) groups is 1. The minimum absolute atomic E-state index is 0.173. The van der Waals surface area contributed by atoms with Crippen molar-refractivity contribution >= 4 is 11.6 Å². The molecule has 3 N–H and O–H groups in total. The van der Waals surface area contributed by atoms with Crippen molar-refractivity contribution in [1.82, 2.24) is 5.32 Å². The van der Waals surface area contributed by atoms with E-state index in [-0.39, 0.29) is 17.8 Å². The van der Waals surface area contributed by atoms with Gasteiger partial charge in [-0.15, -0.1) is 0 Å². The SMILES string of the molecule is Cc1c(CNC(=O)C(C)(N)C(F)(F)F)cccc1[N+](=O)[O-]. The molecule has 116 valence electrons. The second-order valence-electron chi connectivity index (χ2n) is 4.70. The highest BCUT2D eigenvalue weighted by atomic mass is 19.4. The molecule has 1 atom stereocenters. The second kappa shape index (κ2) is 5.68. The van der Waals surface area contributed by atoms with Crippen LogP contribution < -0.4 is 11.1 Å². The number of nitro groups is 1. The highest BCUT2D eigenvalue weighted by Crippen LogP contribution is 2.28. The quantitative estimate of drug-likeness (QED) is 0.654. The van der Waals surface area contributed by atoms with Crippen molar-refractivity contribution in [2.45, 2.75) is 32.1 Å². The summed E-state index contributed by atoms with van der Waals surface area (Å²) in [5.74, 6) is -1.40. The van der Waals surface area contributed by atoms with Gasteiger partial charge in [0, 0.05) is 18.2 Å². The Balaban J connectivity index is 2.88. The fourth-order valence-corrected chi connectivity index (χ4v) is 1.55. The van der Waals surface area contributed by atoms with Gasteiger partial charge in [0.1, 0.15) is 0 Å². The first kappa shape index (κ1) is 16.9. The predicted molar refractivity (Wildman–Crippen MR) is 68.3 cm³/mol. The number of benzene rings is 1. The zero-order valence-corrected chi connectivity index (χ0v) is 11.3. The van der Waals surface area contributed by atoms with E-state index in [0.717, 1.165) is 0 Å². The van der Waals surface area contributed by atoms with E-state index in [0.29, 0.717) is 12.5 Å². The number of rotatable bonds is 4. The Bertz CT molecular complexity index is 571. The fraction of sp³-hybridized carbons (Fsp3) is 0.417. The molecular weight excluding hydrogens is 291 g/mol. The lowest BCUT2D eigenvalue weighted by molar-refractivity contribution is -0.385. The maximum absolute atomic E-state index is 12.6. The van der Waals surface area contributed by atoms with Gasteiger partial charge in [-0.3, -0.25) is 14.9 Å². The van der Waals surface area contributed by atoms with E-state index in [9.17, 15) is 28.1 Å². The molecule has 1 aromatic carbocycles. The molecule has 0 aliphatic rings. The topological polar surface area (TPSA) is 98.3 Å². The highest BCUT2D eigenvalue weighted by Gasteiger charge is 2.53. The minimum atomic E-state index is -4.89. The predicted octanol–water partition coefficient (Wildman–Crippen LogP) is 1.80. The van der Waals surface area contributed by atoms with E-state index in [1.54, 1.807) is 0 Å². The van der Waals surface area contributed by atoms with Crippen LogP contribution in [0.5, 0.6) is 0 Å². The van der Waals surface area contributed by atoms with Gasteiger partial charge in [0.2, 0.25) is 5.91 Å². The van der Waals surface area contributed by atoms with Crippen LogP contribution in [-0.2, 0) is 11.3 Å². The number of carbonyl (C=O) groups excluding carboxylic acids is 1. The smallest absolute Gasteiger partial charge is 0.350 e. The third kappa shape index (κ3) is 3.48. The minimum Gasteiger partial charge on any atom is -0.350 e. The van der Waals surface area contributed by atoms with E-state index in [2.05, 4.69) is 0 Å². The van der Waals surface area contributed by atoms with Crippen molar-refractivity contribution in [3.8, 4) is 0 Å². The largest absolute Gasteiger partial charge is 0.415 e. The molecule has 1 rings (SSSR count). The van der Waals surface area contributed by atoms with Crippen LogP contribution in [0, 0.1) is 17.0 Å². The number of hydrogen-bond acceptors (Lipinski definition) is 4. The van der Waals surface area contributed by atoms with Gasteiger partial charge < -0.3 is 11.1 Å². The summed E-state index contributed by atoms with van der Waals surface area (Å²) in [4.78, 5) is 21.7. The molecule has 0 bridgehead atoms. The number of halogens is 3. The maximum Gasteiger partial charge on any atom is 0.415 e. The summed E-state index contributed by atoms with van der Waals surface area (Å²) in [6, 6.07) is 4.13. The Morgan fingerprint density at radius 3 is 2.48 bits per heavy atom. The van der Waals surface area contributed by atoms with Crippen LogP contribution in [0.1, 0.15) is 18.1 Å². The molecule has 0 saturated carbocycles. The average molecular weight is 305 g/mol. The molecule has 0 saturated heterocycles. The molecule has 1 unspecified atom stereocenters. The molecule has 0 heterocycles. The van der Waals surface area contributed by atoms with Gasteiger partial charge in [-0.05, 0) is 19.4 Å². The number of nitrogens with zero attached hydrogens (tertiary/aromatic N) is 1. The standard InChI is InChI=1S/C12H14F3N3O3/c1-7-8(4-3-5-9(7)18(20)21)6-17-10(19)11(2,16)12(13,14)15/h3-5H,6,16H2,1-2H3,(H,17,19). The van der Waals surface area contributed by atoms with Gasteiger partial charge in [-0.2, -0.15) is 13.2 Å². The van der Waals surface area contributed by atoms with Crippen molar-refractivity contribution in [2.75, 3.05) is 0 Å². The zero-order valence-electron chi connectivity index (χ0n) is 11.3. The van der Waals surface area contributed by atoms with Gasteiger partial charge in [0.15, 0.2) is 5.54 Å². The second-order valence-corrected chi connectivity index (χ2v) is 4.70. The molecule has 0 fully saturated rings. The van der Waals surface area contributed by atoms with Crippen LogP contribution in [0.2, 0.25) is 0 Å². The first-order chi connectivity index (χ1) is 9.48. The molecule has 1 amide bonds. The molecule has 0 aliphatic carbocycles. The monoisotopic (exact) mass is 305 g/mol. The van der Waals surface area contributed by atoms with Gasteiger partial charge in [-0.25, -0.2) is 0 Å². The summed E-state index contributed by atoms with van der Waals surface area (Å²) in [5.41, 5.74) is 2.39. The first-order valence-corrected chi connectivity index (χ1v) is 5.85. The van der Waals surface area contributed by atoms with E-state index >= 15 is 0 Å². The van der Waals surface area contributed by atoms with Gasteiger partial charge >= 0.3 is 6.18 Å². The fourth-order valence-electron chi connectivity index (χ4n) is 1.55. The summed E-state index contributed by atoms with van der Waals surface area (Å²) >= 11 is 0. The maximum atomic E-state index is 12.6. The number of nitro benzene ring substituents is 1. The Hall–Kier alpha value is -2.16. The summed E-state index contributed by atoms with van der Waals surface area (Å²) in [6.07, 6.45) is -4.89. The Labute approximate surface area is 118 Å². The van der Waals surface area contributed by atoms with E-state index in [1.807, 2.05) is 5.32 Å². The van der Waals surface area contributed by atoms with Crippen molar-refractivity contribution in [3.63, 3.8) is 0 Å². The van der Waals surface area contributed by atoms with E-state index < -0.39 is 22.5 Å². The molecule has 1 aromatic rings. The third-order valence-corrected chi connectivity index (χ3v) is 3.11. The molecule has 0 spiro atoms. The summed E-state index contributed by atoms with van der Waals surface area (Å²) in [6.45, 7) is 1.73. The first-order valence-electron chi connectivity index (χ1n) is 5.85. The van der Waals surface area contributed by atoms with E-state index in [4.69, 9.17) is 5.73 Å². The van der Waals surface area contributed by atoms with Gasteiger partial charge in [0.05, 0.1) is 4.92 Å². The number of nitrogens with one attached hydrogen (secondary N) is 1. The zero-order chi connectivity index (χ0) is 16.4. The number of hydrogen-bond donors (Lipinski definition) is 2. The van der Waals surface area contributed by atoms with Gasteiger partial charge in [-0.1, -0.05) is 12.1 Å². The van der Waals surface area contributed by atoms with Crippen molar-refractivity contribution in [3.05, 3.63) is 39.4 Å². The normalized spacial score (nSPS) is 14.4. The molecule has 0 radical (unpaired) electrons. The Morgan fingerprint density at radius 2 is 2.00 bits per heavy atom. The highest BCUT2D eigenvalue weighted by molar-refractivity contribution is 5.86. The van der Waals surface area contributed by atoms with Crippen molar-refractivity contribution < 1.29 is 22.9 Å². The molecule has 9 heteroatoms. The third-order valence-electron chi connectivity index (χ3n) is 3.11. The van der Waals surface area contributed by atoms with Crippen molar-refractivity contribution in [1.29, 1.82) is 0 Å². The molecular formula is C12H14F3N3O3. The number of amides is 1. The Kier molecular flexibility index (Phi) is 4.57. The van der Waals surface area contributed by atoms with Crippen LogP contribution in [0.15, 0.2) is 18.2 Å². The van der Waals surface area contributed by atoms with Gasteiger partial charge in [0.25, 0.3) is 5.69 Å².